The normalized spacial score (nSPS) is 5.75. The van der Waals surface area contributed by atoms with Gasteiger partial charge in [-0.25, -0.2) is 10.9 Å². The Morgan fingerprint density at radius 3 is 2.25 bits per heavy atom. The van der Waals surface area contributed by atoms with Gasteiger partial charge in [0, 0.05) is 12.4 Å². The Bertz CT molecular complexity index is 71.0. The first-order chi connectivity index (χ1) is 3.50. The first-order valence-corrected chi connectivity index (χ1v) is 1.69. The summed E-state index contributed by atoms with van der Waals surface area (Å²) in [5.41, 5.74) is 0. The Morgan fingerprint density at radius 2 is 2.12 bits per heavy atom. The molecule has 1 heterocycles. The smallest absolute Gasteiger partial charge is 0.0919 e. The minimum atomic E-state index is 0. The molecule has 0 aliphatic carbocycles. The van der Waals surface area contributed by atoms with Crippen molar-refractivity contribution in [3.63, 3.8) is 0 Å². The van der Waals surface area contributed by atoms with Gasteiger partial charge in [0.1, 0.15) is 0 Å². The molecule has 4 N–H and O–H groups in total. The number of rotatable bonds is 0. The van der Waals surface area contributed by atoms with Crippen molar-refractivity contribution in [2.75, 3.05) is 0 Å². The SMILES string of the molecule is Cl.NO.c1c[nH]cn1. The molecule has 0 fully saturated rings. The number of imidazole rings is 1. The number of aromatic nitrogens is 2. The van der Waals surface area contributed by atoms with Crippen molar-refractivity contribution in [2.45, 2.75) is 0 Å². The third-order valence-electron chi connectivity index (χ3n) is 0.406. The molecular weight excluding hydrogens is 130 g/mol. The van der Waals surface area contributed by atoms with Gasteiger partial charge in [-0.3, -0.25) is 0 Å². The second-order valence-electron chi connectivity index (χ2n) is 0.761. The molecule has 0 atom stereocenters. The molecule has 0 aliphatic heterocycles. The Balaban J connectivity index is 0. The van der Waals surface area contributed by atoms with Crippen LogP contribution in [-0.4, -0.2) is 15.2 Å². The summed E-state index contributed by atoms with van der Waals surface area (Å²) in [6.45, 7) is 0. The van der Waals surface area contributed by atoms with Crippen molar-refractivity contribution in [1.82, 2.24) is 9.97 Å². The van der Waals surface area contributed by atoms with Crippen LogP contribution in [0, 0.1) is 0 Å². The van der Waals surface area contributed by atoms with Gasteiger partial charge in [-0.05, 0) is 0 Å². The molecule has 4 nitrogen and oxygen atoms in total. The van der Waals surface area contributed by atoms with Gasteiger partial charge in [0.05, 0.1) is 6.33 Å². The monoisotopic (exact) mass is 137 g/mol. The van der Waals surface area contributed by atoms with Crippen molar-refractivity contribution in [1.29, 1.82) is 0 Å². The van der Waals surface area contributed by atoms with Crippen LogP contribution < -0.4 is 5.90 Å². The van der Waals surface area contributed by atoms with Gasteiger partial charge in [-0.2, -0.15) is 0 Å². The fourth-order valence-corrected chi connectivity index (χ4v) is 0.215. The lowest BCUT2D eigenvalue weighted by molar-refractivity contribution is 0.311. The van der Waals surface area contributed by atoms with Crippen molar-refractivity contribution >= 4 is 12.4 Å². The van der Waals surface area contributed by atoms with Crippen LogP contribution in [-0.2, 0) is 0 Å². The van der Waals surface area contributed by atoms with E-state index in [1.165, 1.54) is 0 Å². The minimum absolute atomic E-state index is 0. The van der Waals surface area contributed by atoms with Gasteiger partial charge in [-0.15, -0.1) is 12.4 Å². The number of nitrogens with two attached hydrogens (primary N) is 1. The number of nitrogens with zero attached hydrogens (tertiary/aromatic N) is 1. The molecule has 1 rings (SSSR count). The predicted octanol–water partition coefficient (Wildman–Crippen LogP) is 0.166. The van der Waals surface area contributed by atoms with Crippen molar-refractivity contribution < 1.29 is 5.21 Å². The van der Waals surface area contributed by atoms with E-state index in [2.05, 4.69) is 15.9 Å². The predicted molar refractivity (Wildman–Crippen MR) is 31.8 cm³/mol. The first kappa shape index (κ1) is 10.4. The van der Waals surface area contributed by atoms with Gasteiger partial charge in [0.2, 0.25) is 0 Å². The molecule has 0 bridgehead atoms. The Labute approximate surface area is 53.1 Å². The Hall–Kier alpha value is -0.580. The lowest BCUT2D eigenvalue weighted by Crippen LogP contribution is -1.72. The number of aromatic amines is 1. The number of H-pyrrole nitrogens is 1. The summed E-state index contributed by atoms with van der Waals surface area (Å²) in [5, 5.41) is 6.50. The largest absolute Gasteiger partial charge is 0.351 e. The third-order valence-corrected chi connectivity index (χ3v) is 0.406. The molecule has 8 heavy (non-hydrogen) atoms. The van der Waals surface area contributed by atoms with Gasteiger partial charge in [0.15, 0.2) is 0 Å². The maximum atomic E-state index is 6.50. The van der Waals surface area contributed by atoms with Crippen LogP contribution in [0.5, 0.6) is 0 Å². The molecule has 1 aromatic rings. The van der Waals surface area contributed by atoms with Gasteiger partial charge >= 0.3 is 0 Å². The molecule has 48 valence electrons. The van der Waals surface area contributed by atoms with Gasteiger partial charge in [-0.1, -0.05) is 0 Å². The van der Waals surface area contributed by atoms with Crippen LogP contribution in [0.1, 0.15) is 0 Å². The number of halogens is 1. The highest BCUT2D eigenvalue weighted by molar-refractivity contribution is 5.85. The van der Waals surface area contributed by atoms with E-state index in [0.29, 0.717) is 0 Å². The highest BCUT2D eigenvalue weighted by Gasteiger charge is 1.56. The maximum absolute atomic E-state index is 6.50. The van der Waals surface area contributed by atoms with Crippen LogP contribution in [0.4, 0.5) is 0 Å². The van der Waals surface area contributed by atoms with Gasteiger partial charge < -0.3 is 10.2 Å². The van der Waals surface area contributed by atoms with Crippen LogP contribution in [0.15, 0.2) is 18.7 Å². The topological polar surface area (TPSA) is 74.9 Å². The lowest BCUT2D eigenvalue weighted by atomic mass is 11.0. The van der Waals surface area contributed by atoms with Crippen molar-refractivity contribution in [2.24, 2.45) is 5.90 Å². The van der Waals surface area contributed by atoms with Crippen LogP contribution in [0.2, 0.25) is 0 Å². The molecule has 0 aliphatic rings. The maximum Gasteiger partial charge on any atom is 0.0919 e. The molecule has 1 aromatic heterocycles. The molecule has 0 radical (unpaired) electrons. The molecule has 5 heteroatoms. The number of hydrogen-bond acceptors (Lipinski definition) is 3. The standard InChI is InChI=1S/C3H4N2.ClH.H3NO/c1-2-5-3-4-1;;1-2/h1-3H,(H,4,5);1H;2H,1H2. The average molecular weight is 138 g/mol. The fraction of sp³-hybridized carbons (Fsp3) is 0. The summed E-state index contributed by atoms with van der Waals surface area (Å²) in [4.78, 5) is 6.42. The van der Waals surface area contributed by atoms with Gasteiger partial charge in [0.25, 0.3) is 0 Å². The van der Waals surface area contributed by atoms with E-state index in [1.54, 1.807) is 18.7 Å². The number of hydrogen-bond donors (Lipinski definition) is 3. The molecule has 0 saturated heterocycles. The highest BCUT2D eigenvalue weighted by Crippen LogP contribution is 1.62. The van der Waals surface area contributed by atoms with E-state index >= 15 is 0 Å². The fourth-order valence-electron chi connectivity index (χ4n) is 0.215. The summed E-state index contributed by atoms with van der Waals surface area (Å²) in [6, 6.07) is 0. The second kappa shape index (κ2) is 9.65. The zero-order chi connectivity index (χ0) is 5.54. The molecular formula is C3H8ClN3O. The van der Waals surface area contributed by atoms with E-state index in [9.17, 15) is 0 Å². The van der Waals surface area contributed by atoms with Crippen LogP contribution in [0.3, 0.4) is 0 Å². The summed E-state index contributed by atoms with van der Waals surface area (Å²) in [5.74, 6) is 3.50. The second-order valence-corrected chi connectivity index (χ2v) is 0.761. The highest BCUT2D eigenvalue weighted by atomic mass is 35.5. The van der Waals surface area contributed by atoms with E-state index in [4.69, 9.17) is 5.21 Å². The van der Waals surface area contributed by atoms with E-state index in [1.807, 2.05) is 0 Å². The number of nitrogens with one attached hydrogen (secondary N) is 1. The van der Waals surface area contributed by atoms with E-state index < -0.39 is 0 Å². The van der Waals surface area contributed by atoms with Crippen LogP contribution in [0.25, 0.3) is 0 Å². The zero-order valence-electron chi connectivity index (χ0n) is 4.11. The minimum Gasteiger partial charge on any atom is -0.351 e. The molecule has 0 spiro atoms. The van der Waals surface area contributed by atoms with E-state index in [-0.39, 0.29) is 12.4 Å². The molecule has 0 unspecified atom stereocenters. The molecule has 0 aromatic carbocycles. The Kier molecular flexibility index (Phi) is 12.6. The van der Waals surface area contributed by atoms with Crippen LogP contribution >= 0.6 is 12.4 Å². The first-order valence-electron chi connectivity index (χ1n) is 1.69. The quantitative estimate of drug-likeness (QED) is 0.446. The summed E-state index contributed by atoms with van der Waals surface area (Å²) < 4.78 is 0. The lowest BCUT2D eigenvalue weighted by Gasteiger charge is -1.46. The van der Waals surface area contributed by atoms with Crippen molar-refractivity contribution in [3.05, 3.63) is 18.7 Å². The average Bonchev–Trinajstić information content (AvgIpc) is 2.23. The molecule has 0 amide bonds. The summed E-state index contributed by atoms with van der Waals surface area (Å²) >= 11 is 0. The summed E-state index contributed by atoms with van der Waals surface area (Å²) in [7, 11) is 0. The molecule has 0 saturated carbocycles. The van der Waals surface area contributed by atoms with E-state index in [0.717, 1.165) is 0 Å². The Morgan fingerprint density at radius 1 is 1.50 bits per heavy atom. The zero-order valence-corrected chi connectivity index (χ0v) is 4.93. The summed E-state index contributed by atoms with van der Waals surface area (Å²) in [6.07, 6.45) is 5.08. The third kappa shape index (κ3) is 5.42. The van der Waals surface area contributed by atoms with Crippen molar-refractivity contribution in [3.8, 4) is 0 Å².